The van der Waals surface area contributed by atoms with Gasteiger partial charge in [-0.3, -0.25) is 0 Å². The Balaban J connectivity index is 2.06. The Morgan fingerprint density at radius 3 is 2.89 bits per heavy atom. The van der Waals surface area contributed by atoms with E-state index < -0.39 is 0 Å². The van der Waals surface area contributed by atoms with Crippen molar-refractivity contribution in [3.05, 3.63) is 12.7 Å². The predicted octanol–water partition coefficient (Wildman–Crippen LogP) is 1.99. The van der Waals surface area contributed by atoms with E-state index in [1.165, 1.54) is 6.42 Å². The van der Waals surface area contributed by atoms with Crippen molar-refractivity contribution in [2.45, 2.75) is 25.9 Å². The molecule has 0 spiro atoms. The first-order valence-electron chi connectivity index (χ1n) is 3.57. The van der Waals surface area contributed by atoms with E-state index in [0.717, 1.165) is 18.9 Å². The van der Waals surface area contributed by atoms with E-state index in [1.807, 2.05) is 6.08 Å². The molecule has 9 heavy (non-hydrogen) atoms. The van der Waals surface area contributed by atoms with Crippen LogP contribution in [0.3, 0.4) is 0 Å². The maximum Gasteiger partial charge on any atom is 0.0597 e. The molecule has 1 nitrogen and oxygen atoms in total. The highest BCUT2D eigenvalue weighted by atomic mass is 16.5. The minimum absolute atomic E-state index is 0.505. The zero-order chi connectivity index (χ0) is 6.69. The van der Waals surface area contributed by atoms with Crippen LogP contribution >= 0.6 is 0 Å². The fourth-order valence-electron chi connectivity index (χ4n) is 1.07. The van der Waals surface area contributed by atoms with Crippen LogP contribution in [-0.4, -0.2) is 12.7 Å². The van der Waals surface area contributed by atoms with E-state index in [1.54, 1.807) is 0 Å². The van der Waals surface area contributed by atoms with Crippen LogP contribution in [0, 0.1) is 5.92 Å². The molecule has 0 aromatic carbocycles. The van der Waals surface area contributed by atoms with Gasteiger partial charge in [0, 0.05) is 5.92 Å². The van der Waals surface area contributed by atoms with E-state index >= 15 is 0 Å². The molecule has 0 aromatic heterocycles. The third kappa shape index (κ3) is 1.55. The van der Waals surface area contributed by atoms with Gasteiger partial charge in [0.25, 0.3) is 0 Å². The number of rotatable bonds is 3. The molecule has 0 aromatic rings. The van der Waals surface area contributed by atoms with Crippen LogP contribution in [0.1, 0.15) is 19.8 Å². The molecule has 1 heterocycles. The fraction of sp³-hybridized carbons (Fsp3) is 0.750. The van der Waals surface area contributed by atoms with Crippen LogP contribution in [0.5, 0.6) is 0 Å². The Kier molecular flexibility index (Phi) is 2.29. The predicted molar refractivity (Wildman–Crippen MR) is 38.3 cm³/mol. The molecule has 1 aliphatic heterocycles. The van der Waals surface area contributed by atoms with Crippen LogP contribution in [0.4, 0.5) is 0 Å². The number of hydrogen-bond acceptors (Lipinski definition) is 1. The smallest absolute Gasteiger partial charge is 0.0597 e. The van der Waals surface area contributed by atoms with Gasteiger partial charge >= 0.3 is 0 Å². The van der Waals surface area contributed by atoms with E-state index in [0.29, 0.717) is 6.10 Å². The average Bonchev–Trinajstić information content (AvgIpc) is 1.86. The highest BCUT2D eigenvalue weighted by molar-refractivity contribution is 4.78. The molecule has 0 N–H and O–H groups in total. The second-order valence-corrected chi connectivity index (χ2v) is 2.66. The van der Waals surface area contributed by atoms with Gasteiger partial charge in [-0.05, 0) is 19.8 Å². The van der Waals surface area contributed by atoms with Crippen molar-refractivity contribution >= 4 is 0 Å². The molecule has 1 fully saturated rings. The summed E-state index contributed by atoms with van der Waals surface area (Å²) in [6.07, 6.45) is 4.87. The lowest BCUT2D eigenvalue weighted by atomic mass is 9.94. The molecule has 1 heteroatoms. The van der Waals surface area contributed by atoms with Crippen LogP contribution in [-0.2, 0) is 4.74 Å². The van der Waals surface area contributed by atoms with Gasteiger partial charge in [0.05, 0.1) is 12.7 Å². The first kappa shape index (κ1) is 6.81. The van der Waals surface area contributed by atoms with E-state index in [9.17, 15) is 0 Å². The molecular formula is C8H14O. The molecule has 0 unspecified atom stereocenters. The Morgan fingerprint density at radius 2 is 2.56 bits per heavy atom. The lowest BCUT2D eigenvalue weighted by Crippen LogP contribution is -2.36. The maximum absolute atomic E-state index is 5.21. The minimum Gasteiger partial charge on any atom is -0.378 e. The highest BCUT2D eigenvalue weighted by Crippen LogP contribution is 2.24. The van der Waals surface area contributed by atoms with Crippen molar-refractivity contribution in [1.82, 2.24) is 0 Å². The molecule has 2 atom stereocenters. The normalized spacial score (nSPS) is 33.4. The standard InChI is InChI=1S/C8H14O/c1-3-4-5-8-6-9-7(8)2/h3,7-8H,1,4-6H2,2H3/t7-,8-/m0/s1. The summed E-state index contributed by atoms with van der Waals surface area (Å²) in [5, 5.41) is 0. The second-order valence-electron chi connectivity index (χ2n) is 2.66. The third-order valence-corrected chi connectivity index (χ3v) is 1.98. The number of allylic oxidation sites excluding steroid dienone is 1. The first-order valence-corrected chi connectivity index (χ1v) is 3.57. The molecule has 52 valence electrons. The zero-order valence-corrected chi connectivity index (χ0v) is 5.97. The summed E-state index contributed by atoms with van der Waals surface area (Å²) in [5.41, 5.74) is 0. The van der Waals surface area contributed by atoms with Crippen LogP contribution in [0.2, 0.25) is 0 Å². The van der Waals surface area contributed by atoms with Gasteiger partial charge in [-0.1, -0.05) is 6.08 Å². The van der Waals surface area contributed by atoms with Gasteiger partial charge in [-0.2, -0.15) is 0 Å². The first-order chi connectivity index (χ1) is 4.34. The lowest BCUT2D eigenvalue weighted by Gasteiger charge is -2.33. The lowest BCUT2D eigenvalue weighted by molar-refractivity contribution is -0.105. The summed E-state index contributed by atoms with van der Waals surface area (Å²) in [7, 11) is 0. The molecule has 0 bridgehead atoms. The van der Waals surface area contributed by atoms with Gasteiger partial charge < -0.3 is 4.74 Å². The maximum atomic E-state index is 5.21. The summed E-state index contributed by atoms with van der Waals surface area (Å²) >= 11 is 0. The Morgan fingerprint density at radius 1 is 1.78 bits per heavy atom. The quantitative estimate of drug-likeness (QED) is 0.525. The van der Waals surface area contributed by atoms with Gasteiger partial charge in [-0.25, -0.2) is 0 Å². The van der Waals surface area contributed by atoms with Gasteiger partial charge in [0.15, 0.2) is 0 Å². The van der Waals surface area contributed by atoms with Crippen molar-refractivity contribution in [1.29, 1.82) is 0 Å². The minimum atomic E-state index is 0.505. The van der Waals surface area contributed by atoms with Crippen LogP contribution in [0.15, 0.2) is 12.7 Å². The number of hydrogen-bond donors (Lipinski definition) is 0. The zero-order valence-electron chi connectivity index (χ0n) is 5.97. The van der Waals surface area contributed by atoms with Crippen LogP contribution < -0.4 is 0 Å². The molecule has 0 amide bonds. The van der Waals surface area contributed by atoms with Crippen molar-refractivity contribution in [3.8, 4) is 0 Å². The summed E-state index contributed by atoms with van der Waals surface area (Å²) in [5.74, 6) is 0.808. The Labute approximate surface area is 56.7 Å². The van der Waals surface area contributed by atoms with Crippen molar-refractivity contribution in [2.24, 2.45) is 5.92 Å². The summed E-state index contributed by atoms with van der Waals surface area (Å²) < 4.78 is 5.21. The topological polar surface area (TPSA) is 9.23 Å². The van der Waals surface area contributed by atoms with Gasteiger partial charge in [0.2, 0.25) is 0 Å². The summed E-state index contributed by atoms with van der Waals surface area (Å²) in [6.45, 7) is 6.78. The van der Waals surface area contributed by atoms with Gasteiger partial charge in [0.1, 0.15) is 0 Å². The molecule has 0 saturated carbocycles. The fourth-order valence-corrected chi connectivity index (χ4v) is 1.07. The Bertz CT molecular complexity index is 98.7. The van der Waals surface area contributed by atoms with Crippen molar-refractivity contribution in [3.63, 3.8) is 0 Å². The van der Waals surface area contributed by atoms with Crippen molar-refractivity contribution in [2.75, 3.05) is 6.61 Å². The largest absolute Gasteiger partial charge is 0.378 e. The molecule has 1 aliphatic rings. The average molecular weight is 126 g/mol. The second kappa shape index (κ2) is 3.02. The van der Waals surface area contributed by atoms with E-state index in [2.05, 4.69) is 13.5 Å². The molecule has 0 aliphatic carbocycles. The Hall–Kier alpha value is -0.300. The summed E-state index contributed by atoms with van der Waals surface area (Å²) in [4.78, 5) is 0. The van der Waals surface area contributed by atoms with E-state index in [4.69, 9.17) is 4.74 Å². The monoisotopic (exact) mass is 126 g/mol. The van der Waals surface area contributed by atoms with Crippen LogP contribution in [0.25, 0.3) is 0 Å². The molecule has 0 radical (unpaired) electrons. The van der Waals surface area contributed by atoms with Gasteiger partial charge in [-0.15, -0.1) is 6.58 Å². The molecule has 1 rings (SSSR count). The number of ether oxygens (including phenoxy) is 1. The summed E-state index contributed by atoms with van der Waals surface area (Å²) in [6, 6.07) is 0. The highest BCUT2D eigenvalue weighted by Gasteiger charge is 2.26. The van der Waals surface area contributed by atoms with E-state index in [-0.39, 0.29) is 0 Å². The molecular weight excluding hydrogens is 112 g/mol. The third-order valence-electron chi connectivity index (χ3n) is 1.98. The SMILES string of the molecule is C=CCC[C@H]1CO[C@H]1C. The van der Waals surface area contributed by atoms with Crippen molar-refractivity contribution < 1.29 is 4.74 Å². The molecule has 1 saturated heterocycles.